The zero-order valence-corrected chi connectivity index (χ0v) is 10.3. The van der Waals surface area contributed by atoms with Gasteiger partial charge in [-0.1, -0.05) is 0 Å². The minimum atomic E-state index is -0.924. The molecular formula is C12H12N2O2S. The number of carbonyl (C=O) groups is 1. The van der Waals surface area contributed by atoms with Gasteiger partial charge in [-0.2, -0.15) is 5.10 Å². The van der Waals surface area contributed by atoms with Gasteiger partial charge in [0.2, 0.25) is 0 Å². The fourth-order valence-corrected chi connectivity index (χ4v) is 3.30. The summed E-state index contributed by atoms with van der Waals surface area (Å²) >= 11 is 1.74. The van der Waals surface area contributed by atoms with Crippen molar-refractivity contribution in [2.45, 2.75) is 26.3 Å². The third kappa shape index (κ3) is 1.42. The Morgan fingerprint density at radius 3 is 3.12 bits per heavy atom. The fraction of sp³-hybridized carbons (Fsp3) is 0.333. The molecule has 0 fully saturated rings. The van der Waals surface area contributed by atoms with Crippen LogP contribution in [-0.4, -0.2) is 20.9 Å². The Morgan fingerprint density at radius 2 is 2.41 bits per heavy atom. The van der Waals surface area contributed by atoms with Crippen LogP contribution < -0.4 is 0 Å². The maximum Gasteiger partial charge on any atom is 0.356 e. The number of aromatic carboxylic acids is 1. The summed E-state index contributed by atoms with van der Waals surface area (Å²) in [5.41, 5.74) is 3.29. The summed E-state index contributed by atoms with van der Waals surface area (Å²) in [6, 6.07) is 2.07. The van der Waals surface area contributed by atoms with Gasteiger partial charge in [-0.3, -0.25) is 4.68 Å². The molecule has 1 aliphatic rings. The molecule has 0 spiro atoms. The Labute approximate surface area is 103 Å². The molecule has 0 bridgehead atoms. The van der Waals surface area contributed by atoms with Crippen LogP contribution in [-0.2, 0) is 19.4 Å². The molecule has 3 rings (SSSR count). The van der Waals surface area contributed by atoms with Crippen molar-refractivity contribution >= 4 is 17.3 Å². The number of aromatic nitrogens is 2. The first-order chi connectivity index (χ1) is 8.22. The van der Waals surface area contributed by atoms with Crippen LogP contribution in [0.5, 0.6) is 0 Å². The Kier molecular flexibility index (Phi) is 2.29. The summed E-state index contributed by atoms with van der Waals surface area (Å²) in [7, 11) is 0. The van der Waals surface area contributed by atoms with Crippen LogP contribution in [0.2, 0.25) is 0 Å². The zero-order valence-electron chi connectivity index (χ0n) is 9.43. The number of nitrogens with zero attached hydrogens (tertiary/aromatic N) is 2. The molecular weight excluding hydrogens is 236 g/mol. The van der Waals surface area contributed by atoms with Crippen molar-refractivity contribution in [2.24, 2.45) is 0 Å². The van der Waals surface area contributed by atoms with Crippen LogP contribution in [0.25, 0.3) is 11.3 Å². The van der Waals surface area contributed by atoms with Crippen LogP contribution in [0, 0.1) is 0 Å². The van der Waals surface area contributed by atoms with E-state index in [0.29, 0.717) is 6.54 Å². The number of aryl methyl sites for hydroxylation is 2. The van der Waals surface area contributed by atoms with Gasteiger partial charge in [0.05, 0.1) is 5.69 Å². The van der Waals surface area contributed by atoms with Gasteiger partial charge >= 0.3 is 5.97 Å². The van der Waals surface area contributed by atoms with Crippen molar-refractivity contribution < 1.29 is 9.90 Å². The average molecular weight is 248 g/mol. The molecule has 1 aliphatic carbocycles. The predicted octanol–water partition coefficient (Wildman–Crippen LogP) is 2.43. The molecule has 17 heavy (non-hydrogen) atoms. The molecule has 5 heteroatoms. The first-order valence-electron chi connectivity index (χ1n) is 5.62. The van der Waals surface area contributed by atoms with E-state index in [1.807, 2.05) is 11.6 Å². The van der Waals surface area contributed by atoms with Gasteiger partial charge in [0.25, 0.3) is 0 Å². The van der Waals surface area contributed by atoms with E-state index >= 15 is 0 Å². The second kappa shape index (κ2) is 3.70. The number of thiophene rings is 1. The lowest BCUT2D eigenvalue weighted by Crippen LogP contribution is -2.06. The molecule has 0 saturated carbocycles. The third-order valence-electron chi connectivity index (χ3n) is 3.16. The van der Waals surface area contributed by atoms with E-state index in [2.05, 4.69) is 16.5 Å². The van der Waals surface area contributed by atoms with Crippen LogP contribution in [0.1, 0.15) is 27.9 Å². The molecule has 0 aliphatic heterocycles. The first-order valence-corrected chi connectivity index (χ1v) is 6.50. The molecule has 2 aromatic heterocycles. The van der Waals surface area contributed by atoms with Gasteiger partial charge in [-0.15, -0.1) is 11.3 Å². The second-order valence-corrected chi connectivity index (χ2v) is 5.05. The molecule has 88 valence electrons. The number of carboxylic acids is 1. The van der Waals surface area contributed by atoms with E-state index in [-0.39, 0.29) is 5.69 Å². The van der Waals surface area contributed by atoms with E-state index in [0.717, 1.165) is 29.7 Å². The number of fused-ring (bicyclic) bond motifs is 3. The van der Waals surface area contributed by atoms with Crippen LogP contribution in [0.15, 0.2) is 11.4 Å². The number of carboxylic acid groups (broad SMARTS) is 1. The highest BCUT2D eigenvalue weighted by molar-refractivity contribution is 7.10. The van der Waals surface area contributed by atoms with Gasteiger partial charge in [0.15, 0.2) is 5.69 Å². The summed E-state index contributed by atoms with van der Waals surface area (Å²) in [6.45, 7) is 2.68. The molecule has 0 amide bonds. The van der Waals surface area contributed by atoms with Crippen molar-refractivity contribution in [3.63, 3.8) is 0 Å². The lowest BCUT2D eigenvalue weighted by Gasteiger charge is -2.14. The van der Waals surface area contributed by atoms with Crippen molar-refractivity contribution in [1.82, 2.24) is 9.78 Å². The monoisotopic (exact) mass is 248 g/mol. The van der Waals surface area contributed by atoms with Gasteiger partial charge in [0, 0.05) is 22.5 Å². The maximum atomic E-state index is 11.2. The van der Waals surface area contributed by atoms with E-state index in [4.69, 9.17) is 0 Å². The number of rotatable bonds is 2. The lowest BCUT2D eigenvalue weighted by atomic mass is 9.95. The van der Waals surface area contributed by atoms with Gasteiger partial charge in [-0.25, -0.2) is 4.79 Å². The predicted molar refractivity (Wildman–Crippen MR) is 65.6 cm³/mol. The summed E-state index contributed by atoms with van der Waals surface area (Å²) < 4.78 is 1.81. The van der Waals surface area contributed by atoms with Crippen molar-refractivity contribution in [2.75, 3.05) is 0 Å². The lowest BCUT2D eigenvalue weighted by molar-refractivity contribution is 0.0688. The van der Waals surface area contributed by atoms with E-state index in [9.17, 15) is 9.90 Å². The normalized spacial score (nSPS) is 13.2. The summed E-state index contributed by atoms with van der Waals surface area (Å²) in [5, 5.41) is 15.4. The Balaban J connectivity index is 2.29. The molecule has 2 aromatic rings. The van der Waals surface area contributed by atoms with E-state index in [1.54, 1.807) is 11.3 Å². The van der Waals surface area contributed by atoms with E-state index < -0.39 is 5.97 Å². The summed E-state index contributed by atoms with van der Waals surface area (Å²) in [4.78, 5) is 12.5. The highest BCUT2D eigenvalue weighted by Gasteiger charge is 2.28. The highest BCUT2D eigenvalue weighted by Crippen LogP contribution is 2.38. The Hall–Kier alpha value is -1.62. The quantitative estimate of drug-likeness (QED) is 0.888. The fourth-order valence-electron chi connectivity index (χ4n) is 2.42. The molecule has 0 atom stereocenters. The standard InChI is InChI=1S/C12H12N2O2S/c1-2-14-11-7-5-6-17-9(7)4-3-8(11)10(13-14)12(15)16/h5-6H,2-4H2,1H3,(H,15,16). The molecule has 2 heterocycles. The molecule has 0 aromatic carbocycles. The SMILES string of the molecule is CCn1nc(C(=O)O)c2c1-c1ccsc1CC2. The van der Waals surface area contributed by atoms with Crippen molar-refractivity contribution in [3.05, 3.63) is 27.6 Å². The minimum absolute atomic E-state index is 0.221. The third-order valence-corrected chi connectivity index (χ3v) is 4.14. The molecule has 1 N–H and O–H groups in total. The highest BCUT2D eigenvalue weighted by atomic mass is 32.1. The molecule has 0 saturated heterocycles. The smallest absolute Gasteiger partial charge is 0.356 e. The summed E-state index contributed by atoms with van der Waals surface area (Å²) in [6.07, 6.45) is 1.71. The topological polar surface area (TPSA) is 55.1 Å². The van der Waals surface area contributed by atoms with E-state index in [1.165, 1.54) is 4.88 Å². The Morgan fingerprint density at radius 1 is 1.59 bits per heavy atom. The van der Waals surface area contributed by atoms with Gasteiger partial charge < -0.3 is 5.11 Å². The minimum Gasteiger partial charge on any atom is -0.476 e. The second-order valence-electron chi connectivity index (χ2n) is 4.05. The number of hydrogen-bond acceptors (Lipinski definition) is 3. The number of hydrogen-bond donors (Lipinski definition) is 1. The van der Waals surface area contributed by atoms with Crippen LogP contribution >= 0.6 is 11.3 Å². The van der Waals surface area contributed by atoms with Crippen molar-refractivity contribution in [1.29, 1.82) is 0 Å². The van der Waals surface area contributed by atoms with Gasteiger partial charge in [0.1, 0.15) is 0 Å². The molecule has 0 radical (unpaired) electrons. The largest absolute Gasteiger partial charge is 0.476 e. The molecule has 0 unspecified atom stereocenters. The van der Waals surface area contributed by atoms with Crippen LogP contribution in [0.4, 0.5) is 0 Å². The van der Waals surface area contributed by atoms with Crippen molar-refractivity contribution in [3.8, 4) is 11.3 Å². The average Bonchev–Trinajstić information content (AvgIpc) is 2.91. The molecule has 4 nitrogen and oxygen atoms in total. The Bertz CT molecular complexity index is 598. The maximum absolute atomic E-state index is 11.2. The zero-order chi connectivity index (χ0) is 12.0. The van der Waals surface area contributed by atoms with Gasteiger partial charge in [-0.05, 0) is 31.2 Å². The summed E-state index contributed by atoms with van der Waals surface area (Å²) in [5.74, 6) is -0.924. The van der Waals surface area contributed by atoms with Crippen LogP contribution in [0.3, 0.4) is 0 Å². The first kappa shape index (κ1) is 10.5.